The van der Waals surface area contributed by atoms with Crippen LogP contribution in [0.4, 0.5) is 0 Å². The van der Waals surface area contributed by atoms with Gasteiger partial charge in [-0.05, 0) is 61.1 Å². The van der Waals surface area contributed by atoms with Crippen LogP contribution in [0, 0.1) is 18.8 Å². The first kappa shape index (κ1) is 24.4. The number of methoxy groups -OCH3 is 1. The Kier molecular flexibility index (Phi) is 9.57. The number of esters is 2. The molecular formula is C26H34O5. The van der Waals surface area contributed by atoms with Gasteiger partial charge in [0.25, 0.3) is 0 Å². The van der Waals surface area contributed by atoms with Crippen molar-refractivity contribution < 1.29 is 23.8 Å². The summed E-state index contributed by atoms with van der Waals surface area (Å²) in [5.41, 5.74) is 1.42. The van der Waals surface area contributed by atoms with Crippen LogP contribution in [0.25, 0.3) is 0 Å². The van der Waals surface area contributed by atoms with E-state index in [0.717, 1.165) is 12.3 Å². The third-order valence-electron chi connectivity index (χ3n) is 5.27. The predicted octanol–water partition coefficient (Wildman–Crippen LogP) is 6.23. The molecule has 31 heavy (non-hydrogen) atoms. The first-order valence-corrected chi connectivity index (χ1v) is 10.9. The van der Waals surface area contributed by atoms with Crippen LogP contribution in [-0.2, 0) is 4.74 Å². The van der Waals surface area contributed by atoms with Gasteiger partial charge in [0, 0.05) is 0 Å². The van der Waals surface area contributed by atoms with Gasteiger partial charge in [-0.25, -0.2) is 9.59 Å². The number of carbonyl (C=O) groups excluding carboxylic acids is 2. The van der Waals surface area contributed by atoms with Gasteiger partial charge in [-0.15, -0.1) is 0 Å². The van der Waals surface area contributed by atoms with Crippen LogP contribution in [-0.4, -0.2) is 25.7 Å². The Morgan fingerprint density at radius 2 is 1.61 bits per heavy atom. The molecule has 5 nitrogen and oxygen atoms in total. The summed E-state index contributed by atoms with van der Waals surface area (Å²) in [6, 6.07) is 11.9. The topological polar surface area (TPSA) is 61.8 Å². The number of para-hydroxylation sites is 2. The molecule has 0 aromatic heterocycles. The van der Waals surface area contributed by atoms with E-state index in [1.54, 1.807) is 43.3 Å². The molecule has 0 aliphatic heterocycles. The summed E-state index contributed by atoms with van der Waals surface area (Å²) in [4.78, 5) is 24.4. The van der Waals surface area contributed by atoms with Crippen LogP contribution in [0.2, 0.25) is 0 Å². The second-order valence-corrected chi connectivity index (χ2v) is 8.42. The molecule has 0 radical (unpaired) electrons. The maximum absolute atomic E-state index is 12.7. The predicted molar refractivity (Wildman–Crippen MR) is 122 cm³/mol. The minimum atomic E-state index is -0.494. The van der Waals surface area contributed by atoms with Crippen LogP contribution < -0.4 is 9.47 Å². The molecular weight excluding hydrogens is 392 g/mol. The smallest absolute Gasteiger partial charge is 0.343 e. The number of aryl methyl sites for hydroxylation is 1. The average Bonchev–Trinajstić information content (AvgIpc) is 2.73. The summed E-state index contributed by atoms with van der Waals surface area (Å²) in [6.07, 6.45) is 4.64. The van der Waals surface area contributed by atoms with Crippen molar-refractivity contribution in [3.05, 3.63) is 59.2 Å². The third-order valence-corrected chi connectivity index (χ3v) is 5.27. The molecule has 0 amide bonds. The molecule has 0 spiro atoms. The molecule has 2 aromatic rings. The van der Waals surface area contributed by atoms with Crippen LogP contribution >= 0.6 is 0 Å². The minimum Gasteiger partial charge on any atom is -0.490 e. The van der Waals surface area contributed by atoms with Crippen molar-refractivity contribution in [2.24, 2.45) is 11.8 Å². The number of hydrogen-bond acceptors (Lipinski definition) is 5. The lowest BCUT2D eigenvalue weighted by Crippen LogP contribution is -2.13. The zero-order valence-corrected chi connectivity index (χ0v) is 19.3. The molecule has 2 aromatic carbocycles. The van der Waals surface area contributed by atoms with Crippen molar-refractivity contribution in [2.75, 3.05) is 13.7 Å². The van der Waals surface area contributed by atoms with Gasteiger partial charge in [-0.3, -0.25) is 0 Å². The normalized spacial score (nSPS) is 11.8. The highest BCUT2D eigenvalue weighted by molar-refractivity contribution is 5.95. The molecule has 168 valence electrons. The molecule has 0 aliphatic rings. The maximum atomic E-state index is 12.7. The van der Waals surface area contributed by atoms with Crippen LogP contribution in [0.5, 0.6) is 11.5 Å². The number of benzene rings is 2. The Hall–Kier alpha value is -2.82. The summed E-state index contributed by atoms with van der Waals surface area (Å²) >= 11 is 0. The zero-order chi connectivity index (χ0) is 22.8. The molecule has 0 N–H and O–H groups in total. The van der Waals surface area contributed by atoms with Crippen LogP contribution in [0.15, 0.2) is 42.5 Å². The summed E-state index contributed by atoms with van der Waals surface area (Å²) in [5, 5.41) is 0. The molecule has 0 aliphatic carbocycles. The monoisotopic (exact) mass is 426 g/mol. The maximum Gasteiger partial charge on any atom is 0.343 e. The highest BCUT2D eigenvalue weighted by atomic mass is 16.6. The van der Waals surface area contributed by atoms with E-state index in [2.05, 4.69) is 20.8 Å². The van der Waals surface area contributed by atoms with E-state index >= 15 is 0 Å². The van der Waals surface area contributed by atoms with Crippen molar-refractivity contribution >= 4 is 11.9 Å². The van der Waals surface area contributed by atoms with E-state index in [9.17, 15) is 9.59 Å². The lowest BCUT2D eigenvalue weighted by atomic mass is 9.98. The minimum absolute atomic E-state index is 0.386. The van der Waals surface area contributed by atoms with Gasteiger partial charge >= 0.3 is 11.9 Å². The molecule has 0 bridgehead atoms. The Labute approximate surface area is 185 Å². The van der Waals surface area contributed by atoms with Gasteiger partial charge in [0.1, 0.15) is 0 Å². The lowest BCUT2D eigenvalue weighted by Gasteiger charge is -2.15. The van der Waals surface area contributed by atoms with Crippen LogP contribution in [0.3, 0.4) is 0 Å². The quantitative estimate of drug-likeness (QED) is 0.315. The Morgan fingerprint density at radius 3 is 2.26 bits per heavy atom. The van der Waals surface area contributed by atoms with Crippen LogP contribution in [0.1, 0.15) is 72.7 Å². The number of hydrogen-bond donors (Lipinski definition) is 0. The Bertz CT molecular complexity index is 872. The van der Waals surface area contributed by atoms with Gasteiger partial charge in [-0.2, -0.15) is 0 Å². The third kappa shape index (κ3) is 7.74. The van der Waals surface area contributed by atoms with Crippen molar-refractivity contribution in [2.45, 2.75) is 53.4 Å². The molecule has 0 heterocycles. The first-order valence-electron chi connectivity index (χ1n) is 10.9. The standard InChI is InChI=1S/C26H34O5/c1-18(2)9-8-10-19(3)15-16-30-23-11-6-7-12-24(23)31-26(28)22-14-13-21(17-20(22)4)25(27)29-5/h6-7,11-14,17-19H,8-10,15-16H2,1-5H3. The van der Waals surface area contributed by atoms with Gasteiger partial charge in [0.15, 0.2) is 11.5 Å². The summed E-state index contributed by atoms with van der Waals surface area (Å²) < 4.78 is 16.3. The largest absolute Gasteiger partial charge is 0.490 e. The SMILES string of the molecule is COC(=O)c1ccc(C(=O)Oc2ccccc2OCCC(C)CCCC(C)C)c(C)c1. The average molecular weight is 427 g/mol. The van der Waals surface area contributed by atoms with Crippen molar-refractivity contribution in [3.8, 4) is 11.5 Å². The fraction of sp³-hybridized carbons (Fsp3) is 0.462. The summed E-state index contributed by atoms with van der Waals surface area (Å²) in [6.45, 7) is 9.08. The van der Waals surface area contributed by atoms with E-state index in [1.807, 2.05) is 6.07 Å². The Morgan fingerprint density at radius 1 is 0.903 bits per heavy atom. The van der Waals surface area contributed by atoms with Gasteiger partial charge in [0.2, 0.25) is 0 Å². The number of rotatable bonds is 11. The highest BCUT2D eigenvalue weighted by Crippen LogP contribution is 2.28. The van der Waals surface area contributed by atoms with Crippen molar-refractivity contribution in [1.29, 1.82) is 0 Å². The highest BCUT2D eigenvalue weighted by Gasteiger charge is 2.17. The van der Waals surface area contributed by atoms with Gasteiger partial charge < -0.3 is 14.2 Å². The molecule has 1 atom stereocenters. The molecule has 0 fully saturated rings. The fourth-order valence-corrected chi connectivity index (χ4v) is 3.34. The second-order valence-electron chi connectivity index (χ2n) is 8.42. The molecule has 2 rings (SSSR count). The Balaban J connectivity index is 1.96. The number of ether oxygens (including phenoxy) is 3. The van der Waals surface area contributed by atoms with E-state index in [4.69, 9.17) is 14.2 Å². The molecule has 5 heteroatoms. The summed E-state index contributed by atoms with van der Waals surface area (Å²) in [7, 11) is 1.32. The van der Waals surface area contributed by atoms with E-state index in [-0.39, 0.29) is 0 Å². The van der Waals surface area contributed by atoms with Crippen molar-refractivity contribution in [1.82, 2.24) is 0 Å². The second kappa shape index (κ2) is 12.1. The first-order chi connectivity index (χ1) is 14.8. The van der Waals surface area contributed by atoms with Crippen molar-refractivity contribution in [3.63, 3.8) is 0 Å². The van der Waals surface area contributed by atoms with Gasteiger partial charge in [-0.1, -0.05) is 52.2 Å². The number of carbonyl (C=O) groups is 2. The van der Waals surface area contributed by atoms with E-state index in [1.165, 1.54) is 26.4 Å². The fourth-order valence-electron chi connectivity index (χ4n) is 3.34. The molecule has 0 saturated heterocycles. The lowest BCUT2D eigenvalue weighted by molar-refractivity contribution is 0.0599. The molecule has 0 saturated carbocycles. The van der Waals surface area contributed by atoms with E-state index < -0.39 is 11.9 Å². The molecule has 1 unspecified atom stereocenters. The summed E-state index contributed by atoms with van der Waals surface area (Å²) in [5.74, 6) is 1.33. The zero-order valence-electron chi connectivity index (χ0n) is 19.3. The van der Waals surface area contributed by atoms with Gasteiger partial charge in [0.05, 0.1) is 24.8 Å². The van der Waals surface area contributed by atoms with E-state index in [0.29, 0.717) is 40.7 Å².